The molecule has 7 aliphatic rings. The SMILES string of the molecule is CC(C)=CCC[C@](C)(OC1CC(O)C(O)C(CO)O1)C1CC[C@]2(C)C1C(O)CC1[C@@]3(C)CCC(O)C(C)(C)C3C(OC3OC(CO)C(O)C(O)C3OC3OCC(O)C(O)C3O)C[C@]12C. The third-order valence-corrected chi connectivity index (χ3v) is 18.2. The number of aliphatic hydroxyl groups is 11. The summed E-state index contributed by atoms with van der Waals surface area (Å²) in [6.45, 7) is 15.4. The van der Waals surface area contributed by atoms with Crippen molar-refractivity contribution in [1.29, 1.82) is 0 Å². The Morgan fingerprint density at radius 3 is 2.05 bits per heavy atom. The zero-order valence-corrected chi connectivity index (χ0v) is 39.0. The van der Waals surface area contributed by atoms with E-state index in [0.29, 0.717) is 44.9 Å². The first-order chi connectivity index (χ1) is 29.9. The van der Waals surface area contributed by atoms with Crippen LogP contribution >= 0.6 is 0 Å². The highest BCUT2D eigenvalue weighted by Gasteiger charge is 2.74. The van der Waals surface area contributed by atoms with Gasteiger partial charge in [-0.1, -0.05) is 46.3 Å². The molecule has 3 heterocycles. The van der Waals surface area contributed by atoms with E-state index in [1.807, 2.05) is 27.7 Å². The van der Waals surface area contributed by atoms with Gasteiger partial charge in [0.05, 0.1) is 49.8 Å². The average molecular weight is 917 g/mol. The first-order valence-electron chi connectivity index (χ1n) is 23.8. The Bertz CT molecular complexity index is 1630. The molecule has 20 unspecified atom stereocenters. The molecular formula is C47H80O17. The minimum absolute atomic E-state index is 0.0124. The molecule has 0 bridgehead atoms. The van der Waals surface area contributed by atoms with Crippen molar-refractivity contribution in [2.75, 3.05) is 19.8 Å². The Balaban J connectivity index is 1.26. The van der Waals surface area contributed by atoms with Crippen LogP contribution in [-0.4, -0.2) is 180 Å². The zero-order chi connectivity index (χ0) is 47.1. The third kappa shape index (κ3) is 8.60. The summed E-state index contributed by atoms with van der Waals surface area (Å²) in [6.07, 6.45) is -13.3. The molecular weight excluding hydrogens is 837 g/mol. The summed E-state index contributed by atoms with van der Waals surface area (Å²) in [6, 6.07) is 0. The van der Waals surface area contributed by atoms with E-state index in [9.17, 15) is 56.2 Å². The maximum Gasteiger partial charge on any atom is 0.187 e. The van der Waals surface area contributed by atoms with Crippen LogP contribution in [0.1, 0.15) is 113 Å². The Morgan fingerprint density at radius 1 is 0.719 bits per heavy atom. The zero-order valence-electron chi connectivity index (χ0n) is 39.0. The molecule has 370 valence electrons. The lowest BCUT2D eigenvalue weighted by Gasteiger charge is -2.72. The number of aliphatic hydroxyl groups excluding tert-OH is 11. The molecule has 0 radical (unpaired) electrons. The Hall–Kier alpha value is -0.940. The first-order valence-corrected chi connectivity index (χ1v) is 23.8. The van der Waals surface area contributed by atoms with Gasteiger partial charge in [0.25, 0.3) is 0 Å². The first kappa shape index (κ1) is 50.9. The quantitative estimate of drug-likeness (QED) is 0.0946. The lowest BCUT2D eigenvalue weighted by molar-refractivity contribution is -0.377. The molecule has 7 fully saturated rings. The summed E-state index contributed by atoms with van der Waals surface area (Å²) in [5.41, 5.74) is -1.98. The molecule has 0 amide bonds. The maximum absolute atomic E-state index is 12.7. The molecule has 7 rings (SSSR count). The van der Waals surface area contributed by atoms with Gasteiger partial charge in [0.2, 0.25) is 0 Å². The molecule has 17 nitrogen and oxygen atoms in total. The van der Waals surface area contributed by atoms with Gasteiger partial charge in [0.1, 0.15) is 54.9 Å². The Morgan fingerprint density at radius 2 is 1.39 bits per heavy atom. The van der Waals surface area contributed by atoms with Crippen molar-refractivity contribution >= 4 is 0 Å². The number of ether oxygens (including phenoxy) is 6. The molecule has 64 heavy (non-hydrogen) atoms. The van der Waals surface area contributed by atoms with Crippen LogP contribution in [0.3, 0.4) is 0 Å². The van der Waals surface area contributed by atoms with Crippen molar-refractivity contribution in [3.8, 4) is 0 Å². The van der Waals surface area contributed by atoms with Crippen molar-refractivity contribution in [1.82, 2.24) is 0 Å². The summed E-state index contributed by atoms with van der Waals surface area (Å²) < 4.78 is 38.0. The van der Waals surface area contributed by atoms with Gasteiger partial charge in [-0.15, -0.1) is 0 Å². The van der Waals surface area contributed by atoms with Crippen molar-refractivity contribution in [3.05, 3.63) is 11.6 Å². The summed E-state index contributed by atoms with van der Waals surface area (Å²) in [5, 5.41) is 120. The predicted molar refractivity (Wildman–Crippen MR) is 228 cm³/mol. The molecule has 4 aliphatic carbocycles. The average Bonchev–Trinajstić information content (AvgIpc) is 3.61. The third-order valence-electron chi connectivity index (χ3n) is 18.2. The van der Waals surface area contributed by atoms with Crippen LogP contribution in [0.5, 0.6) is 0 Å². The van der Waals surface area contributed by atoms with E-state index in [2.05, 4.69) is 33.8 Å². The van der Waals surface area contributed by atoms with Gasteiger partial charge < -0.3 is 84.6 Å². The minimum Gasteiger partial charge on any atom is -0.394 e. The number of hydrogen-bond acceptors (Lipinski definition) is 17. The van der Waals surface area contributed by atoms with Gasteiger partial charge in [-0.3, -0.25) is 0 Å². The second kappa shape index (κ2) is 18.8. The standard InChI is InChI=1S/C47H80O17/c1-22(2)10-9-13-47(8,64-32-17-25(51)34(54)28(19-48)60-32)23-11-15-45(6)33(23)24(50)16-30-44(5)14-12-31(53)43(3,4)40(44)27(18-46(30,45)7)61-42-39(37(57)36(56)29(20-49)62-42)63-41-38(58)35(55)26(52)21-59-41/h10,23-42,48-58H,9,11-21H2,1-8H3/t23?,24?,25?,26?,27?,28?,29?,30?,31?,32?,33?,34?,35?,36?,37?,38?,39?,40?,41?,42?,44-,45-,46-,47+/m1/s1. The van der Waals surface area contributed by atoms with E-state index >= 15 is 0 Å². The van der Waals surface area contributed by atoms with E-state index in [1.165, 1.54) is 0 Å². The smallest absolute Gasteiger partial charge is 0.187 e. The Kier molecular flexibility index (Phi) is 14.9. The molecule has 0 aromatic heterocycles. The number of hydrogen-bond donors (Lipinski definition) is 11. The number of rotatable bonds is 12. The highest BCUT2D eigenvalue weighted by Crippen LogP contribution is 2.76. The highest BCUT2D eigenvalue weighted by atomic mass is 16.8. The highest BCUT2D eigenvalue weighted by molar-refractivity contribution is 5.22. The molecule has 4 saturated carbocycles. The van der Waals surface area contributed by atoms with Gasteiger partial charge >= 0.3 is 0 Å². The van der Waals surface area contributed by atoms with Crippen LogP contribution in [0, 0.1) is 45.3 Å². The van der Waals surface area contributed by atoms with Crippen molar-refractivity contribution in [2.45, 2.75) is 217 Å². The monoisotopic (exact) mass is 917 g/mol. The topological polar surface area (TPSA) is 278 Å². The van der Waals surface area contributed by atoms with Gasteiger partial charge in [-0.2, -0.15) is 0 Å². The number of allylic oxidation sites excluding steroid dienone is 2. The predicted octanol–water partition coefficient (Wildman–Crippen LogP) is 0.612. The minimum atomic E-state index is -1.72. The van der Waals surface area contributed by atoms with Crippen LogP contribution < -0.4 is 0 Å². The van der Waals surface area contributed by atoms with Crippen molar-refractivity contribution < 1.29 is 84.6 Å². The molecule has 0 aromatic carbocycles. The molecule has 0 spiro atoms. The van der Waals surface area contributed by atoms with Crippen LogP contribution in [0.25, 0.3) is 0 Å². The number of fused-ring (bicyclic) bond motifs is 5. The van der Waals surface area contributed by atoms with Gasteiger partial charge in [-0.05, 0) is 117 Å². The summed E-state index contributed by atoms with van der Waals surface area (Å²) >= 11 is 0. The molecule has 0 aromatic rings. The van der Waals surface area contributed by atoms with E-state index in [-0.39, 0.29) is 36.7 Å². The van der Waals surface area contributed by atoms with E-state index in [1.54, 1.807) is 0 Å². The molecule has 3 aliphatic heterocycles. The molecule has 24 atom stereocenters. The van der Waals surface area contributed by atoms with E-state index in [0.717, 1.165) is 12.0 Å². The largest absolute Gasteiger partial charge is 0.394 e. The molecule has 3 saturated heterocycles. The van der Waals surface area contributed by atoms with Crippen LogP contribution in [-0.2, 0) is 28.4 Å². The van der Waals surface area contributed by atoms with Gasteiger partial charge in [0.15, 0.2) is 18.9 Å². The fraction of sp³-hybridized carbons (Fsp3) is 0.957. The fourth-order valence-corrected chi connectivity index (χ4v) is 14.7. The van der Waals surface area contributed by atoms with Crippen LogP contribution in [0.2, 0.25) is 0 Å². The lowest BCUT2D eigenvalue weighted by Crippen LogP contribution is -2.71. The van der Waals surface area contributed by atoms with Crippen molar-refractivity contribution in [3.63, 3.8) is 0 Å². The summed E-state index contributed by atoms with van der Waals surface area (Å²) in [5.74, 6) is -0.819. The maximum atomic E-state index is 12.7. The van der Waals surface area contributed by atoms with Gasteiger partial charge in [-0.25, -0.2) is 0 Å². The normalized spacial score (nSPS) is 52.5. The second-order valence-corrected chi connectivity index (χ2v) is 22.5. The summed E-state index contributed by atoms with van der Waals surface area (Å²) in [4.78, 5) is 0. The summed E-state index contributed by atoms with van der Waals surface area (Å²) in [7, 11) is 0. The molecule has 11 N–H and O–H groups in total. The fourth-order valence-electron chi connectivity index (χ4n) is 14.7. The van der Waals surface area contributed by atoms with Gasteiger partial charge in [0, 0.05) is 6.42 Å². The van der Waals surface area contributed by atoms with E-state index in [4.69, 9.17) is 28.4 Å². The van der Waals surface area contributed by atoms with Crippen LogP contribution in [0.4, 0.5) is 0 Å². The molecule has 17 heteroatoms. The Labute approximate surface area is 377 Å². The van der Waals surface area contributed by atoms with Crippen molar-refractivity contribution in [2.24, 2.45) is 45.3 Å². The lowest BCUT2D eigenvalue weighted by atomic mass is 9.34. The van der Waals surface area contributed by atoms with Crippen LogP contribution in [0.15, 0.2) is 11.6 Å². The second-order valence-electron chi connectivity index (χ2n) is 22.5. The van der Waals surface area contributed by atoms with E-state index < -0.39 is 139 Å².